The number of nitrogens with one attached hydrogen (secondary N) is 2. The summed E-state index contributed by atoms with van der Waals surface area (Å²) in [5, 5.41) is 5.54. The maximum Gasteiger partial charge on any atom is 0.416 e. The fourth-order valence-electron chi connectivity index (χ4n) is 6.33. The number of carbonyl (C=O) groups is 2. The van der Waals surface area contributed by atoms with Crippen LogP contribution >= 0.6 is 0 Å². The van der Waals surface area contributed by atoms with E-state index in [1.165, 1.54) is 31.4 Å². The summed E-state index contributed by atoms with van der Waals surface area (Å²) in [7, 11) is 0. The van der Waals surface area contributed by atoms with Gasteiger partial charge in [-0.2, -0.15) is 13.2 Å². The fraction of sp³-hybridized carbons (Fsp3) is 0.440. The highest BCUT2D eigenvalue weighted by molar-refractivity contribution is 6.04. The van der Waals surface area contributed by atoms with Gasteiger partial charge in [-0.05, 0) is 98.7 Å². The second kappa shape index (κ2) is 7.64. The van der Waals surface area contributed by atoms with Gasteiger partial charge in [-0.25, -0.2) is 0 Å². The van der Waals surface area contributed by atoms with Crippen molar-refractivity contribution in [3.05, 3.63) is 59.7 Å². The predicted molar refractivity (Wildman–Crippen MR) is 115 cm³/mol. The molecule has 0 aromatic heterocycles. The van der Waals surface area contributed by atoms with Crippen LogP contribution in [0.15, 0.2) is 48.5 Å². The maximum atomic E-state index is 13.2. The van der Waals surface area contributed by atoms with Gasteiger partial charge in [0, 0.05) is 16.9 Å². The minimum absolute atomic E-state index is 0.0732. The zero-order valence-corrected chi connectivity index (χ0v) is 17.5. The number of halogens is 3. The molecule has 7 heteroatoms. The summed E-state index contributed by atoms with van der Waals surface area (Å²) in [5.41, 5.74) is -0.0764. The molecule has 6 rings (SSSR count). The molecule has 2 aromatic rings. The van der Waals surface area contributed by atoms with Crippen molar-refractivity contribution in [1.82, 2.24) is 0 Å². The molecular weight excluding hydrogens is 417 g/mol. The highest BCUT2D eigenvalue weighted by atomic mass is 19.4. The topological polar surface area (TPSA) is 58.2 Å². The Bertz CT molecular complexity index is 1010. The molecule has 2 amide bonds. The van der Waals surface area contributed by atoms with E-state index >= 15 is 0 Å². The predicted octanol–water partition coefficient (Wildman–Crippen LogP) is 6.11. The molecule has 4 fully saturated rings. The van der Waals surface area contributed by atoms with Crippen molar-refractivity contribution in [2.75, 3.05) is 10.6 Å². The van der Waals surface area contributed by atoms with Gasteiger partial charge < -0.3 is 10.6 Å². The summed E-state index contributed by atoms with van der Waals surface area (Å²) in [6.07, 6.45) is 2.25. The largest absolute Gasteiger partial charge is 0.416 e. The third kappa shape index (κ3) is 4.00. The van der Waals surface area contributed by atoms with Crippen LogP contribution in [0.4, 0.5) is 24.5 Å². The molecule has 2 aromatic carbocycles. The Morgan fingerprint density at radius 1 is 0.812 bits per heavy atom. The van der Waals surface area contributed by atoms with E-state index in [1.807, 2.05) is 0 Å². The minimum atomic E-state index is -4.47. The molecule has 0 unspecified atom stereocenters. The maximum absolute atomic E-state index is 13.2. The first-order chi connectivity index (χ1) is 15.2. The van der Waals surface area contributed by atoms with Crippen LogP contribution in [-0.2, 0) is 11.0 Å². The zero-order chi connectivity index (χ0) is 22.5. The molecule has 4 saturated carbocycles. The summed E-state index contributed by atoms with van der Waals surface area (Å²) in [4.78, 5) is 25.6. The van der Waals surface area contributed by atoms with Crippen LogP contribution in [0.1, 0.15) is 54.4 Å². The SMILES string of the molecule is O=C(Nc1cccc(C(F)(F)F)c1)c1ccc(NC(=O)C23CC4CC(CC(C4)C2)C3)cc1. The number of rotatable bonds is 4. The lowest BCUT2D eigenvalue weighted by Gasteiger charge is -2.55. The standard InChI is InChI=1S/C25H25F3N2O2/c26-25(27,28)19-2-1-3-21(11-19)29-22(31)18-4-6-20(7-5-18)30-23(32)24-12-15-8-16(13-24)10-17(9-15)14-24/h1-7,11,15-17H,8-10,12-14H2,(H,29,31)(H,30,32). The van der Waals surface area contributed by atoms with E-state index < -0.39 is 17.6 Å². The zero-order valence-electron chi connectivity index (χ0n) is 17.5. The first kappa shape index (κ1) is 21.0. The van der Waals surface area contributed by atoms with Gasteiger partial charge >= 0.3 is 6.18 Å². The van der Waals surface area contributed by atoms with Crippen LogP contribution < -0.4 is 10.6 Å². The second-order valence-electron chi connectivity index (χ2n) is 9.76. The number of amides is 2. The van der Waals surface area contributed by atoms with Gasteiger partial charge in [0.1, 0.15) is 0 Å². The molecular formula is C25H25F3N2O2. The Labute approximate surface area is 184 Å². The Morgan fingerprint density at radius 2 is 1.41 bits per heavy atom. The van der Waals surface area contributed by atoms with Gasteiger partial charge in [0.05, 0.1) is 11.0 Å². The summed E-state index contributed by atoms with van der Waals surface area (Å²) in [5.74, 6) is 1.60. The average Bonchev–Trinajstić information content (AvgIpc) is 2.73. The lowest BCUT2D eigenvalue weighted by atomic mass is 9.49. The number of anilines is 2. The van der Waals surface area contributed by atoms with E-state index in [2.05, 4.69) is 10.6 Å². The molecule has 4 nitrogen and oxygen atoms in total. The number of benzene rings is 2. The molecule has 0 saturated heterocycles. The first-order valence-corrected chi connectivity index (χ1v) is 11.1. The van der Waals surface area contributed by atoms with Crippen molar-refractivity contribution in [3.63, 3.8) is 0 Å². The van der Waals surface area contributed by atoms with Gasteiger partial charge in [0.25, 0.3) is 5.91 Å². The van der Waals surface area contributed by atoms with Gasteiger partial charge in [0.2, 0.25) is 5.91 Å². The lowest BCUT2D eigenvalue weighted by Crippen LogP contribution is -2.51. The molecule has 168 valence electrons. The minimum Gasteiger partial charge on any atom is -0.326 e. The van der Waals surface area contributed by atoms with Crippen molar-refractivity contribution in [1.29, 1.82) is 0 Å². The summed E-state index contributed by atoms with van der Waals surface area (Å²) in [6.45, 7) is 0. The number of carbonyl (C=O) groups excluding carboxylic acids is 2. The first-order valence-electron chi connectivity index (χ1n) is 11.1. The molecule has 0 heterocycles. The number of hydrogen-bond acceptors (Lipinski definition) is 2. The van der Waals surface area contributed by atoms with Crippen molar-refractivity contribution < 1.29 is 22.8 Å². The van der Waals surface area contributed by atoms with E-state index in [0.29, 0.717) is 29.0 Å². The van der Waals surface area contributed by atoms with Gasteiger partial charge in [-0.1, -0.05) is 6.07 Å². The third-order valence-electron chi connectivity index (χ3n) is 7.37. The van der Waals surface area contributed by atoms with Crippen LogP contribution in [0.25, 0.3) is 0 Å². The van der Waals surface area contributed by atoms with E-state index in [1.54, 1.807) is 24.3 Å². The monoisotopic (exact) mass is 442 g/mol. The molecule has 0 aliphatic heterocycles. The van der Waals surface area contributed by atoms with Crippen LogP contribution in [0.3, 0.4) is 0 Å². The van der Waals surface area contributed by atoms with Gasteiger partial charge in [-0.3, -0.25) is 9.59 Å². The van der Waals surface area contributed by atoms with Crippen molar-refractivity contribution in [3.8, 4) is 0 Å². The quantitative estimate of drug-likeness (QED) is 0.600. The van der Waals surface area contributed by atoms with Gasteiger partial charge in [0.15, 0.2) is 0 Å². The van der Waals surface area contributed by atoms with Crippen LogP contribution in [0.5, 0.6) is 0 Å². The summed E-state index contributed by atoms with van der Waals surface area (Å²) >= 11 is 0. The van der Waals surface area contributed by atoms with E-state index in [-0.39, 0.29) is 17.0 Å². The third-order valence-corrected chi connectivity index (χ3v) is 7.37. The average molecular weight is 442 g/mol. The normalized spacial score (nSPS) is 28.4. The van der Waals surface area contributed by atoms with Crippen molar-refractivity contribution in [2.24, 2.45) is 23.2 Å². The van der Waals surface area contributed by atoms with Crippen LogP contribution in [-0.4, -0.2) is 11.8 Å². The highest BCUT2D eigenvalue weighted by Crippen LogP contribution is 2.60. The number of alkyl halides is 3. The van der Waals surface area contributed by atoms with Crippen molar-refractivity contribution in [2.45, 2.75) is 44.7 Å². The Balaban J connectivity index is 1.24. The molecule has 4 aliphatic carbocycles. The molecule has 2 N–H and O–H groups in total. The Hall–Kier alpha value is -2.83. The van der Waals surface area contributed by atoms with Crippen LogP contribution in [0.2, 0.25) is 0 Å². The fourth-order valence-corrected chi connectivity index (χ4v) is 6.33. The molecule has 4 aliphatic rings. The molecule has 32 heavy (non-hydrogen) atoms. The summed E-state index contributed by atoms with van der Waals surface area (Å²) in [6, 6.07) is 11.0. The van der Waals surface area contributed by atoms with Gasteiger partial charge in [-0.15, -0.1) is 0 Å². The van der Waals surface area contributed by atoms with Crippen molar-refractivity contribution >= 4 is 23.2 Å². The smallest absolute Gasteiger partial charge is 0.326 e. The number of hydrogen-bond donors (Lipinski definition) is 2. The molecule has 4 bridgehead atoms. The lowest BCUT2D eigenvalue weighted by molar-refractivity contribution is -0.140. The van der Waals surface area contributed by atoms with E-state index in [0.717, 1.165) is 31.4 Å². The molecule has 0 radical (unpaired) electrons. The summed E-state index contributed by atoms with van der Waals surface area (Å²) < 4.78 is 38.6. The molecule has 0 spiro atoms. The van der Waals surface area contributed by atoms with Crippen LogP contribution in [0, 0.1) is 23.2 Å². The highest BCUT2D eigenvalue weighted by Gasteiger charge is 2.54. The molecule has 0 atom stereocenters. The second-order valence-corrected chi connectivity index (χ2v) is 9.76. The Morgan fingerprint density at radius 3 is 1.97 bits per heavy atom. The van der Waals surface area contributed by atoms with E-state index in [9.17, 15) is 22.8 Å². The van der Waals surface area contributed by atoms with E-state index in [4.69, 9.17) is 0 Å². The Kier molecular flexibility index (Phi) is 5.02.